The molecule has 2 rings (SSSR count). The molecule has 2 aromatic rings. The lowest BCUT2D eigenvalue weighted by Crippen LogP contribution is -2.20. The Morgan fingerprint density at radius 3 is 2.33 bits per heavy atom. The van der Waals surface area contributed by atoms with Crippen LogP contribution < -0.4 is 5.32 Å². The van der Waals surface area contributed by atoms with E-state index in [0.717, 1.165) is 3.57 Å². The van der Waals surface area contributed by atoms with E-state index in [2.05, 4.69) is 27.9 Å². The minimum atomic E-state index is -4.26. The van der Waals surface area contributed by atoms with E-state index in [0.29, 0.717) is 16.3 Å². The van der Waals surface area contributed by atoms with Gasteiger partial charge in [0.25, 0.3) is 0 Å². The molecule has 0 aliphatic rings. The number of hydrogen-bond acceptors (Lipinski definition) is 1. The highest BCUT2D eigenvalue weighted by molar-refractivity contribution is 14.1. The van der Waals surface area contributed by atoms with E-state index >= 15 is 0 Å². The Hall–Kier alpha value is -0.950. The standard InChI is InChI=1S/C15H12ClF3IN/c16-12-8-11(20)6-7-13(12)21-14(9-15(17,18)19)10-4-2-1-3-5-10/h1-8,14,21H,9H2. The van der Waals surface area contributed by atoms with E-state index in [1.165, 1.54) is 0 Å². The predicted molar refractivity (Wildman–Crippen MR) is 87.6 cm³/mol. The molecule has 0 heterocycles. The summed E-state index contributed by atoms with van der Waals surface area (Å²) in [7, 11) is 0. The number of nitrogens with one attached hydrogen (secondary N) is 1. The monoisotopic (exact) mass is 425 g/mol. The van der Waals surface area contributed by atoms with Gasteiger partial charge >= 0.3 is 6.18 Å². The Labute approximate surface area is 139 Å². The van der Waals surface area contributed by atoms with Crippen LogP contribution in [0.25, 0.3) is 0 Å². The van der Waals surface area contributed by atoms with E-state index in [9.17, 15) is 13.2 Å². The van der Waals surface area contributed by atoms with E-state index < -0.39 is 18.6 Å². The van der Waals surface area contributed by atoms with Crippen molar-refractivity contribution in [1.82, 2.24) is 0 Å². The number of rotatable bonds is 4. The Bertz CT molecular complexity index is 602. The summed E-state index contributed by atoms with van der Waals surface area (Å²) in [6.45, 7) is 0. The van der Waals surface area contributed by atoms with Gasteiger partial charge in [-0.3, -0.25) is 0 Å². The fourth-order valence-corrected chi connectivity index (χ4v) is 2.87. The van der Waals surface area contributed by atoms with Gasteiger partial charge in [0.1, 0.15) is 0 Å². The van der Waals surface area contributed by atoms with Gasteiger partial charge in [-0.05, 0) is 46.4 Å². The molecule has 112 valence electrons. The van der Waals surface area contributed by atoms with Gasteiger partial charge in [-0.1, -0.05) is 41.9 Å². The molecule has 0 spiro atoms. The highest BCUT2D eigenvalue weighted by Gasteiger charge is 2.32. The van der Waals surface area contributed by atoms with Gasteiger partial charge in [0.2, 0.25) is 0 Å². The summed E-state index contributed by atoms with van der Waals surface area (Å²) >= 11 is 8.18. The number of alkyl halides is 3. The average Bonchev–Trinajstić information content (AvgIpc) is 2.40. The summed E-state index contributed by atoms with van der Waals surface area (Å²) in [5, 5.41) is 3.30. The summed E-state index contributed by atoms with van der Waals surface area (Å²) in [5.41, 5.74) is 1.07. The lowest BCUT2D eigenvalue weighted by atomic mass is 10.0. The van der Waals surface area contributed by atoms with Crippen LogP contribution in [0.15, 0.2) is 48.5 Å². The quantitative estimate of drug-likeness (QED) is 0.588. The molecular weight excluding hydrogens is 414 g/mol. The van der Waals surface area contributed by atoms with E-state index in [-0.39, 0.29) is 0 Å². The maximum Gasteiger partial charge on any atom is 0.391 e. The van der Waals surface area contributed by atoms with Crippen molar-refractivity contribution < 1.29 is 13.2 Å². The fraction of sp³-hybridized carbons (Fsp3) is 0.200. The number of halogens is 5. The van der Waals surface area contributed by atoms with E-state index in [4.69, 9.17) is 11.6 Å². The molecule has 0 saturated heterocycles. The molecule has 6 heteroatoms. The second-order valence-corrected chi connectivity index (χ2v) is 6.20. The lowest BCUT2D eigenvalue weighted by Gasteiger charge is -2.22. The van der Waals surface area contributed by atoms with Crippen LogP contribution in [0.4, 0.5) is 18.9 Å². The fourth-order valence-electron chi connectivity index (χ4n) is 1.96. The molecule has 0 fully saturated rings. The number of anilines is 1. The number of benzene rings is 2. The van der Waals surface area contributed by atoms with Crippen molar-refractivity contribution in [2.45, 2.75) is 18.6 Å². The third-order valence-corrected chi connectivity index (χ3v) is 3.88. The van der Waals surface area contributed by atoms with Gasteiger partial charge in [-0.15, -0.1) is 0 Å². The SMILES string of the molecule is FC(F)(F)CC(Nc1ccc(I)cc1Cl)c1ccccc1. The number of hydrogen-bond donors (Lipinski definition) is 1. The van der Waals surface area contributed by atoms with Crippen LogP contribution in [-0.2, 0) is 0 Å². The molecule has 1 nitrogen and oxygen atoms in total. The molecule has 0 aromatic heterocycles. The Balaban J connectivity index is 2.28. The first-order valence-corrected chi connectivity index (χ1v) is 7.64. The van der Waals surface area contributed by atoms with Crippen molar-refractivity contribution in [2.75, 3.05) is 5.32 Å². The molecule has 1 unspecified atom stereocenters. The van der Waals surface area contributed by atoms with Crippen LogP contribution in [0.2, 0.25) is 5.02 Å². The maximum absolute atomic E-state index is 12.8. The molecule has 0 bridgehead atoms. The molecule has 0 aliphatic carbocycles. The second kappa shape index (κ2) is 6.87. The average molecular weight is 426 g/mol. The van der Waals surface area contributed by atoms with Gasteiger partial charge in [0, 0.05) is 3.57 Å². The molecule has 1 atom stereocenters. The van der Waals surface area contributed by atoms with Crippen molar-refractivity contribution >= 4 is 39.9 Å². The minimum Gasteiger partial charge on any atom is -0.377 e. The largest absolute Gasteiger partial charge is 0.391 e. The first-order valence-electron chi connectivity index (χ1n) is 6.18. The summed E-state index contributed by atoms with van der Waals surface area (Å²) < 4.78 is 39.3. The van der Waals surface area contributed by atoms with Crippen LogP contribution >= 0.6 is 34.2 Å². The summed E-state index contributed by atoms with van der Waals surface area (Å²) in [4.78, 5) is 0. The van der Waals surface area contributed by atoms with Crippen molar-refractivity contribution in [3.8, 4) is 0 Å². The molecule has 0 amide bonds. The zero-order chi connectivity index (χ0) is 15.5. The highest BCUT2D eigenvalue weighted by atomic mass is 127. The van der Waals surface area contributed by atoms with Crippen LogP contribution in [-0.4, -0.2) is 6.18 Å². The smallest absolute Gasteiger partial charge is 0.377 e. The predicted octanol–water partition coefficient (Wildman–Crippen LogP) is 6.05. The van der Waals surface area contributed by atoms with Crippen molar-refractivity contribution in [3.05, 3.63) is 62.7 Å². The summed E-state index contributed by atoms with van der Waals surface area (Å²) in [5.74, 6) is 0. The van der Waals surface area contributed by atoms with Gasteiger partial charge in [-0.2, -0.15) is 13.2 Å². The molecular formula is C15H12ClF3IN. The third kappa shape index (κ3) is 5.07. The summed E-state index contributed by atoms with van der Waals surface area (Å²) in [6, 6.07) is 12.9. The summed E-state index contributed by atoms with van der Waals surface area (Å²) in [6.07, 6.45) is -5.22. The normalized spacial score (nSPS) is 13.0. The topological polar surface area (TPSA) is 12.0 Å². The molecule has 0 saturated carbocycles. The molecule has 1 N–H and O–H groups in total. The second-order valence-electron chi connectivity index (χ2n) is 4.55. The zero-order valence-corrected chi connectivity index (χ0v) is 13.7. The lowest BCUT2D eigenvalue weighted by molar-refractivity contribution is -0.137. The van der Waals surface area contributed by atoms with Gasteiger partial charge in [0.15, 0.2) is 0 Å². The van der Waals surface area contributed by atoms with Crippen LogP contribution in [0.5, 0.6) is 0 Å². The molecule has 0 radical (unpaired) electrons. The molecule has 21 heavy (non-hydrogen) atoms. The zero-order valence-electron chi connectivity index (χ0n) is 10.8. The third-order valence-electron chi connectivity index (χ3n) is 2.90. The van der Waals surface area contributed by atoms with Crippen LogP contribution in [0, 0.1) is 3.57 Å². The van der Waals surface area contributed by atoms with Gasteiger partial charge < -0.3 is 5.32 Å². The van der Waals surface area contributed by atoms with Crippen molar-refractivity contribution in [3.63, 3.8) is 0 Å². The first-order chi connectivity index (χ1) is 9.85. The minimum absolute atomic E-state index is 0.407. The van der Waals surface area contributed by atoms with Crippen LogP contribution in [0.3, 0.4) is 0 Å². The van der Waals surface area contributed by atoms with Crippen LogP contribution in [0.1, 0.15) is 18.0 Å². The first kappa shape index (κ1) is 16.4. The van der Waals surface area contributed by atoms with Crippen molar-refractivity contribution in [2.24, 2.45) is 0 Å². The molecule has 2 aromatic carbocycles. The Morgan fingerprint density at radius 1 is 1.10 bits per heavy atom. The molecule has 0 aliphatic heterocycles. The maximum atomic E-state index is 12.8. The Kier molecular flexibility index (Phi) is 5.37. The van der Waals surface area contributed by atoms with E-state index in [1.54, 1.807) is 48.5 Å². The van der Waals surface area contributed by atoms with Crippen molar-refractivity contribution in [1.29, 1.82) is 0 Å². The van der Waals surface area contributed by atoms with Gasteiger partial charge in [-0.25, -0.2) is 0 Å². The highest BCUT2D eigenvalue weighted by Crippen LogP contribution is 2.34. The van der Waals surface area contributed by atoms with E-state index in [1.807, 2.05) is 0 Å². The Morgan fingerprint density at radius 2 is 1.76 bits per heavy atom. The van der Waals surface area contributed by atoms with Gasteiger partial charge in [0.05, 0.1) is 23.2 Å².